The van der Waals surface area contributed by atoms with Crippen LogP contribution in [0.1, 0.15) is 10.4 Å². The quantitative estimate of drug-likeness (QED) is 0.366. The SMILES string of the molecule is COc1ccc(C(=O)N2CCN(c3nc4ccccc4c4nnc(-c5ccc(OC)cc5)n34)CC2)cc1. The summed E-state index contributed by atoms with van der Waals surface area (Å²) in [5.41, 5.74) is 3.18. The Morgan fingerprint density at radius 1 is 0.784 bits per heavy atom. The molecule has 1 aliphatic rings. The number of ether oxygens (including phenoxy) is 2. The maximum absolute atomic E-state index is 13.1. The summed E-state index contributed by atoms with van der Waals surface area (Å²) in [7, 11) is 3.26. The lowest BCUT2D eigenvalue weighted by Gasteiger charge is -2.35. The topological polar surface area (TPSA) is 85.1 Å². The highest BCUT2D eigenvalue weighted by Gasteiger charge is 2.26. The number of amides is 1. The molecule has 0 radical (unpaired) electrons. The molecule has 5 aromatic rings. The molecule has 1 fully saturated rings. The number of para-hydroxylation sites is 1. The second-order valence-corrected chi connectivity index (χ2v) is 8.85. The van der Waals surface area contributed by atoms with Crippen molar-refractivity contribution in [2.24, 2.45) is 0 Å². The van der Waals surface area contributed by atoms with Crippen molar-refractivity contribution in [2.75, 3.05) is 45.3 Å². The number of rotatable bonds is 5. The molecule has 0 bridgehead atoms. The third-order valence-electron chi connectivity index (χ3n) is 6.76. The van der Waals surface area contributed by atoms with Crippen LogP contribution in [0.15, 0.2) is 72.8 Å². The van der Waals surface area contributed by atoms with E-state index < -0.39 is 0 Å². The largest absolute Gasteiger partial charge is 0.497 e. The number of hydrogen-bond donors (Lipinski definition) is 0. The molecule has 0 atom stereocenters. The van der Waals surface area contributed by atoms with E-state index in [1.54, 1.807) is 26.4 Å². The number of hydrogen-bond acceptors (Lipinski definition) is 7. The van der Waals surface area contributed by atoms with Crippen molar-refractivity contribution in [2.45, 2.75) is 0 Å². The summed E-state index contributed by atoms with van der Waals surface area (Å²) in [4.78, 5) is 22.2. The van der Waals surface area contributed by atoms with Crippen LogP contribution in [0.2, 0.25) is 0 Å². The Kier molecular flexibility index (Phi) is 5.80. The van der Waals surface area contributed by atoms with Gasteiger partial charge in [-0.05, 0) is 60.7 Å². The first-order valence-corrected chi connectivity index (χ1v) is 12.1. The van der Waals surface area contributed by atoms with E-state index in [9.17, 15) is 4.79 Å². The first kappa shape index (κ1) is 22.8. The number of anilines is 1. The molecule has 2 aromatic heterocycles. The van der Waals surface area contributed by atoms with Gasteiger partial charge in [0.2, 0.25) is 5.95 Å². The predicted molar refractivity (Wildman–Crippen MR) is 141 cm³/mol. The molecule has 9 nitrogen and oxygen atoms in total. The highest BCUT2D eigenvalue weighted by atomic mass is 16.5. The second-order valence-electron chi connectivity index (χ2n) is 8.85. The molecule has 1 saturated heterocycles. The standard InChI is InChI=1S/C28H26N6O3/c1-36-21-11-7-19(8-12-21)25-30-31-26-23-5-3-4-6-24(23)29-28(34(25)26)33-17-15-32(16-18-33)27(35)20-9-13-22(37-2)14-10-20/h3-14H,15-18H2,1-2H3. The summed E-state index contributed by atoms with van der Waals surface area (Å²) in [6.07, 6.45) is 0. The summed E-state index contributed by atoms with van der Waals surface area (Å²) in [5.74, 6) is 3.00. The van der Waals surface area contributed by atoms with Gasteiger partial charge in [-0.15, -0.1) is 10.2 Å². The zero-order valence-corrected chi connectivity index (χ0v) is 20.7. The number of aromatic nitrogens is 4. The average molecular weight is 495 g/mol. The van der Waals surface area contributed by atoms with E-state index in [2.05, 4.69) is 15.1 Å². The van der Waals surface area contributed by atoms with Crippen LogP contribution < -0.4 is 14.4 Å². The minimum Gasteiger partial charge on any atom is -0.497 e. The van der Waals surface area contributed by atoms with E-state index in [1.807, 2.05) is 70.0 Å². The Morgan fingerprint density at radius 3 is 2.11 bits per heavy atom. The minimum atomic E-state index is 0.0159. The molecule has 9 heteroatoms. The summed E-state index contributed by atoms with van der Waals surface area (Å²) in [6.45, 7) is 2.45. The van der Waals surface area contributed by atoms with Gasteiger partial charge in [0.05, 0.1) is 19.7 Å². The number of nitrogens with zero attached hydrogens (tertiary/aromatic N) is 6. The van der Waals surface area contributed by atoms with Gasteiger partial charge >= 0.3 is 0 Å². The first-order valence-electron chi connectivity index (χ1n) is 12.1. The summed E-state index contributed by atoms with van der Waals surface area (Å²) in [5, 5.41) is 10.0. The van der Waals surface area contributed by atoms with Gasteiger partial charge in [-0.1, -0.05) is 12.1 Å². The van der Waals surface area contributed by atoms with Crippen molar-refractivity contribution in [3.63, 3.8) is 0 Å². The minimum absolute atomic E-state index is 0.0159. The maximum Gasteiger partial charge on any atom is 0.253 e. The molecular weight excluding hydrogens is 468 g/mol. The fraction of sp³-hybridized carbons (Fsp3) is 0.214. The van der Waals surface area contributed by atoms with E-state index in [4.69, 9.17) is 14.5 Å². The molecular formula is C28H26N6O3. The van der Waals surface area contributed by atoms with Crippen molar-refractivity contribution in [3.05, 3.63) is 78.4 Å². The lowest BCUT2D eigenvalue weighted by atomic mass is 10.1. The van der Waals surface area contributed by atoms with Crippen molar-refractivity contribution in [3.8, 4) is 22.9 Å². The lowest BCUT2D eigenvalue weighted by Crippen LogP contribution is -2.49. The number of benzene rings is 3. The monoisotopic (exact) mass is 494 g/mol. The van der Waals surface area contributed by atoms with Crippen LogP contribution in [-0.2, 0) is 0 Å². The van der Waals surface area contributed by atoms with Crippen LogP contribution in [0.3, 0.4) is 0 Å². The van der Waals surface area contributed by atoms with E-state index in [-0.39, 0.29) is 5.91 Å². The van der Waals surface area contributed by atoms with Crippen molar-refractivity contribution >= 4 is 28.4 Å². The summed E-state index contributed by atoms with van der Waals surface area (Å²) < 4.78 is 12.6. The highest BCUT2D eigenvalue weighted by Crippen LogP contribution is 2.30. The maximum atomic E-state index is 13.1. The molecule has 0 N–H and O–H groups in total. The van der Waals surface area contributed by atoms with E-state index in [1.165, 1.54) is 0 Å². The fourth-order valence-corrected chi connectivity index (χ4v) is 4.73. The smallest absolute Gasteiger partial charge is 0.253 e. The van der Waals surface area contributed by atoms with Gasteiger partial charge in [0.15, 0.2) is 11.5 Å². The molecule has 1 amide bonds. The molecule has 6 rings (SSSR count). The Hall–Kier alpha value is -4.66. The molecule has 37 heavy (non-hydrogen) atoms. The molecule has 0 spiro atoms. The number of fused-ring (bicyclic) bond motifs is 3. The molecule has 3 heterocycles. The van der Waals surface area contributed by atoms with Crippen molar-refractivity contribution in [1.82, 2.24) is 24.5 Å². The number of piperazine rings is 1. The Morgan fingerprint density at radius 2 is 1.43 bits per heavy atom. The van der Waals surface area contributed by atoms with Gasteiger partial charge < -0.3 is 19.3 Å². The van der Waals surface area contributed by atoms with Crippen molar-refractivity contribution < 1.29 is 14.3 Å². The van der Waals surface area contributed by atoms with Gasteiger partial charge in [-0.25, -0.2) is 9.38 Å². The molecule has 0 unspecified atom stereocenters. The number of carbonyl (C=O) groups excluding carboxylic acids is 1. The molecule has 0 saturated carbocycles. The summed E-state index contributed by atoms with van der Waals surface area (Å²) in [6, 6.07) is 23.0. The Balaban J connectivity index is 1.34. The molecule has 0 aliphatic carbocycles. The molecule has 3 aromatic carbocycles. The second kappa shape index (κ2) is 9.42. The number of carbonyl (C=O) groups is 1. The van der Waals surface area contributed by atoms with Crippen LogP contribution in [0.4, 0.5) is 5.95 Å². The van der Waals surface area contributed by atoms with Crippen LogP contribution in [0.5, 0.6) is 11.5 Å². The molecule has 186 valence electrons. The van der Waals surface area contributed by atoms with Gasteiger partial charge in [0, 0.05) is 42.7 Å². The zero-order valence-electron chi connectivity index (χ0n) is 20.7. The highest BCUT2D eigenvalue weighted by molar-refractivity contribution is 5.95. The lowest BCUT2D eigenvalue weighted by molar-refractivity contribution is 0.0746. The van der Waals surface area contributed by atoms with Crippen LogP contribution >= 0.6 is 0 Å². The third kappa shape index (κ3) is 4.08. The van der Waals surface area contributed by atoms with E-state index >= 15 is 0 Å². The average Bonchev–Trinajstić information content (AvgIpc) is 3.42. The molecule has 1 aliphatic heterocycles. The third-order valence-corrected chi connectivity index (χ3v) is 6.76. The van der Waals surface area contributed by atoms with Gasteiger partial charge in [-0.2, -0.15) is 0 Å². The van der Waals surface area contributed by atoms with Crippen LogP contribution in [0.25, 0.3) is 27.9 Å². The fourth-order valence-electron chi connectivity index (χ4n) is 4.73. The Labute approximate surface area is 213 Å². The van der Waals surface area contributed by atoms with E-state index in [0.29, 0.717) is 37.6 Å². The number of methoxy groups -OCH3 is 2. The van der Waals surface area contributed by atoms with Gasteiger partial charge in [0.1, 0.15) is 11.5 Å². The summed E-state index contributed by atoms with van der Waals surface area (Å²) >= 11 is 0. The van der Waals surface area contributed by atoms with E-state index in [0.717, 1.165) is 39.6 Å². The van der Waals surface area contributed by atoms with Crippen molar-refractivity contribution in [1.29, 1.82) is 0 Å². The first-order chi connectivity index (χ1) is 18.2. The normalized spacial score (nSPS) is 13.8. The van der Waals surface area contributed by atoms with Crippen LogP contribution in [-0.4, -0.2) is 70.8 Å². The van der Waals surface area contributed by atoms with Gasteiger partial charge in [0.25, 0.3) is 5.91 Å². The zero-order chi connectivity index (χ0) is 25.4. The van der Waals surface area contributed by atoms with Crippen LogP contribution in [0, 0.1) is 0 Å². The predicted octanol–water partition coefficient (Wildman–Crippen LogP) is 3.92. The Bertz CT molecular complexity index is 1570. The van der Waals surface area contributed by atoms with Gasteiger partial charge in [-0.3, -0.25) is 4.79 Å².